The molecule has 0 aliphatic carbocycles. The second-order valence-corrected chi connectivity index (χ2v) is 9.02. The summed E-state index contributed by atoms with van der Waals surface area (Å²) in [5, 5.41) is 4.11. The minimum absolute atomic E-state index is 0.209. The summed E-state index contributed by atoms with van der Waals surface area (Å²) in [5.41, 5.74) is 0. The highest BCUT2D eigenvalue weighted by Crippen LogP contribution is 2.19. The predicted octanol–water partition coefficient (Wildman–Crippen LogP) is -0.155. The highest BCUT2D eigenvalue weighted by Gasteiger charge is 2.34. The van der Waals surface area contributed by atoms with Gasteiger partial charge in [0.15, 0.2) is 14.9 Å². The van der Waals surface area contributed by atoms with Crippen LogP contribution in [0.15, 0.2) is 0 Å². The third-order valence-electron chi connectivity index (χ3n) is 4.83. The normalized spacial score (nSPS) is 32.3. The number of piperazine rings is 1. The number of sulfone groups is 1. The van der Waals surface area contributed by atoms with Crippen molar-refractivity contribution in [1.29, 1.82) is 0 Å². The summed E-state index contributed by atoms with van der Waals surface area (Å²) >= 11 is 5.46. The molecule has 3 aliphatic rings. The van der Waals surface area contributed by atoms with Gasteiger partial charge in [-0.1, -0.05) is 0 Å². The van der Waals surface area contributed by atoms with Gasteiger partial charge in [0.05, 0.1) is 17.6 Å². The van der Waals surface area contributed by atoms with Gasteiger partial charge in [0.2, 0.25) is 0 Å². The zero-order chi connectivity index (χ0) is 15.6. The quantitative estimate of drug-likeness (QED) is 0.712. The molecule has 0 unspecified atom stereocenters. The van der Waals surface area contributed by atoms with Crippen molar-refractivity contribution in [1.82, 2.24) is 15.1 Å². The summed E-state index contributed by atoms with van der Waals surface area (Å²) in [6.07, 6.45) is 3.33. The SMILES string of the molecule is O=S1(=O)CC[C@H](N2CCN(C(=S)NC[C@H]3CCCO3)CC2)C1. The van der Waals surface area contributed by atoms with Crippen molar-refractivity contribution in [2.24, 2.45) is 0 Å². The van der Waals surface area contributed by atoms with Gasteiger partial charge in [0.1, 0.15) is 0 Å². The van der Waals surface area contributed by atoms with E-state index in [2.05, 4.69) is 15.1 Å². The summed E-state index contributed by atoms with van der Waals surface area (Å²) in [6.45, 7) is 5.17. The summed E-state index contributed by atoms with van der Waals surface area (Å²) in [5.74, 6) is 0.675. The molecule has 0 aromatic rings. The number of hydrogen-bond donors (Lipinski definition) is 1. The standard InChI is InChI=1S/C14H25N3O3S2/c18-22(19)9-3-12(11-22)16-4-6-17(7-5-16)14(21)15-10-13-2-1-8-20-13/h12-13H,1-11H2,(H,15,21)/t12-,13+/m0/s1. The maximum atomic E-state index is 11.6. The minimum Gasteiger partial charge on any atom is -0.376 e. The molecule has 3 fully saturated rings. The van der Waals surface area contributed by atoms with E-state index in [9.17, 15) is 8.42 Å². The molecule has 2 atom stereocenters. The first-order valence-electron chi connectivity index (χ1n) is 8.12. The van der Waals surface area contributed by atoms with Crippen molar-refractivity contribution in [3.8, 4) is 0 Å². The van der Waals surface area contributed by atoms with Crippen LogP contribution in [0.3, 0.4) is 0 Å². The summed E-state index contributed by atoms with van der Waals surface area (Å²) in [4.78, 5) is 4.49. The third kappa shape index (κ3) is 4.10. The van der Waals surface area contributed by atoms with E-state index in [1.165, 1.54) is 0 Å². The number of hydrogen-bond acceptors (Lipinski definition) is 5. The number of thiocarbonyl (C=S) groups is 1. The van der Waals surface area contributed by atoms with E-state index in [1.54, 1.807) is 0 Å². The van der Waals surface area contributed by atoms with Crippen molar-refractivity contribution in [2.45, 2.75) is 31.4 Å². The Balaban J connectivity index is 1.40. The van der Waals surface area contributed by atoms with Crippen LogP contribution >= 0.6 is 12.2 Å². The molecule has 1 N–H and O–H groups in total. The largest absolute Gasteiger partial charge is 0.376 e. The van der Waals surface area contributed by atoms with E-state index in [1.807, 2.05) is 0 Å². The topological polar surface area (TPSA) is 61.9 Å². The molecule has 3 heterocycles. The van der Waals surface area contributed by atoms with Gasteiger partial charge in [-0.15, -0.1) is 0 Å². The highest BCUT2D eigenvalue weighted by atomic mass is 32.2. The van der Waals surface area contributed by atoms with E-state index in [0.29, 0.717) is 17.6 Å². The lowest BCUT2D eigenvalue weighted by atomic mass is 10.2. The Labute approximate surface area is 138 Å². The average Bonchev–Trinajstić information content (AvgIpc) is 3.14. The fourth-order valence-corrected chi connectivity index (χ4v) is 5.50. The lowest BCUT2D eigenvalue weighted by Crippen LogP contribution is -2.54. The molecular formula is C14H25N3O3S2. The Morgan fingerprint density at radius 2 is 2.00 bits per heavy atom. The molecule has 6 nitrogen and oxygen atoms in total. The Morgan fingerprint density at radius 1 is 1.23 bits per heavy atom. The van der Waals surface area contributed by atoms with Crippen LogP contribution < -0.4 is 5.32 Å². The van der Waals surface area contributed by atoms with E-state index >= 15 is 0 Å². The van der Waals surface area contributed by atoms with Gasteiger partial charge in [-0.25, -0.2) is 8.42 Å². The van der Waals surface area contributed by atoms with Gasteiger partial charge in [-0.2, -0.15) is 0 Å². The summed E-state index contributed by atoms with van der Waals surface area (Å²) in [7, 11) is -2.80. The van der Waals surface area contributed by atoms with Crippen molar-refractivity contribution < 1.29 is 13.2 Å². The zero-order valence-corrected chi connectivity index (χ0v) is 14.5. The van der Waals surface area contributed by atoms with Crippen LogP contribution in [0.4, 0.5) is 0 Å². The van der Waals surface area contributed by atoms with Crippen LogP contribution in [-0.2, 0) is 14.6 Å². The molecule has 0 saturated carbocycles. The second kappa shape index (κ2) is 6.98. The fourth-order valence-electron chi connectivity index (χ4n) is 3.47. The molecule has 3 rings (SSSR count). The van der Waals surface area contributed by atoms with Crippen LogP contribution in [0.1, 0.15) is 19.3 Å². The molecule has 3 saturated heterocycles. The van der Waals surface area contributed by atoms with Crippen molar-refractivity contribution in [2.75, 3.05) is 50.8 Å². The Hall–Kier alpha value is -0.440. The maximum absolute atomic E-state index is 11.6. The van der Waals surface area contributed by atoms with E-state index < -0.39 is 9.84 Å². The van der Waals surface area contributed by atoms with Crippen LogP contribution in [-0.4, -0.2) is 86.3 Å². The molecule has 0 spiro atoms. The first-order chi connectivity index (χ1) is 10.5. The lowest BCUT2D eigenvalue weighted by Gasteiger charge is -2.38. The Kier molecular flexibility index (Phi) is 5.21. The molecule has 0 aromatic carbocycles. The monoisotopic (exact) mass is 347 g/mol. The molecule has 3 aliphatic heterocycles. The van der Waals surface area contributed by atoms with Crippen LogP contribution in [0.5, 0.6) is 0 Å². The zero-order valence-electron chi connectivity index (χ0n) is 12.9. The summed E-state index contributed by atoms with van der Waals surface area (Å²) < 4.78 is 28.8. The smallest absolute Gasteiger partial charge is 0.169 e. The van der Waals surface area contributed by atoms with Gasteiger partial charge in [-0.05, 0) is 31.5 Å². The third-order valence-corrected chi connectivity index (χ3v) is 6.98. The fraction of sp³-hybridized carbons (Fsp3) is 0.929. The second-order valence-electron chi connectivity index (χ2n) is 6.40. The average molecular weight is 348 g/mol. The highest BCUT2D eigenvalue weighted by molar-refractivity contribution is 7.91. The number of rotatable bonds is 3. The molecule has 0 amide bonds. The van der Waals surface area contributed by atoms with Crippen LogP contribution in [0.2, 0.25) is 0 Å². The molecule has 0 radical (unpaired) electrons. The van der Waals surface area contributed by atoms with E-state index in [4.69, 9.17) is 17.0 Å². The van der Waals surface area contributed by atoms with Gasteiger partial charge >= 0.3 is 0 Å². The van der Waals surface area contributed by atoms with Crippen molar-refractivity contribution in [3.05, 3.63) is 0 Å². The van der Waals surface area contributed by atoms with Gasteiger partial charge in [0.25, 0.3) is 0 Å². The molecule has 126 valence electrons. The maximum Gasteiger partial charge on any atom is 0.169 e. The van der Waals surface area contributed by atoms with Crippen LogP contribution in [0.25, 0.3) is 0 Å². The first-order valence-corrected chi connectivity index (χ1v) is 10.4. The van der Waals surface area contributed by atoms with Crippen molar-refractivity contribution in [3.63, 3.8) is 0 Å². The van der Waals surface area contributed by atoms with E-state index in [-0.39, 0.29) is 6.04 Å². The Bertz CT molecular complexity index is 497. The van der Waals surface area contributed by atoms with Crippen LogP contribution in [0, 0.1) is 0 Å². The lowest BCUT2D eigenvalue weighted by molar-refractivity contribution is 0.111. The predicted molar refractivity (Wildman–Crippen MR) is 89.8 cm³/mol. The molecule has 22 heavy (non-hydrogen) atoms. The number of ether oxygens (including phenoxy) is 1. The molecular weight excluding hydrogens is 322 g/mol. The summed E-state index contributed by atoms with van der Waals surface area (Å²) in [6, 6.07) is 0.209. The Morgan fingerprint density at radius 3 is 2.59 bits per heavy atom. The van der Waals surface area contributed by atoms with E-state index in [0.717, 1.165) is 63.7 Å². The minimum atomic E-state index is -2.80. The van der Waals surface area contributed by atoms with Gasteiger partial charge in [-0.3, -0.25) is 4.90 Å². The first kappa shape index (κ1) is 16.4. The van der Waals surface area contributed by atoms with Crippen molar-refractivity contribution >= 4 is 27.2 Å². The molecule has 8 heteroatoms. The van der Waals surface area contributed by atoms with Gasteiger partial charge < -0.3 is 15.0 Å². The molecule has 0 bridgehead atoms. The number of nitrogens with one attached hydrogen (secondary N) is 1. The molecule has 0 aromatic heterocycles. The number of nitrogens with zero attached hydrogens (tertiary/aromatic N) is 2. The van der Waals surface area contributed by atoms with Gasteiger partial charge in [0, 0.05) is 45.4 Å².